The molecule has 0 aliphatic heterocycles. The first-order valence-corrected chi connectivity index (χ1v) is 5.54. The Hall–Kier alpha value is -2.08. The van der Waals surface area contributed by atoms with Gasteiger partial charge >= 0.3 is 6.09 Å². The number of carbonyl (C=O) groups excluding carboxylic acids is 2. The van der Waals surface area contributed by atoms with Gasteiger partial charge in [-0.1, -0.05) is 30.3 Å². The second kappa shape index (κ2) is 6.61. The van der Waals surface area contributed by atoms with Crippen LogP contribution in [0.15, 0.2) is 30.3 Å². The van der Waals surface area contributed by atoms with Crippen molar-refractivity contribution in [1.82, 2.24) is 5.32 Å². The zero-order valence-corrected chi connectivity index (χ0v) is 10.1. The van der Waals surface area contributed by atoms with E-state index in [1.165, 1.54) is 6.92 Å². The molecule has 0 saturated carbocycles. The standard InChI is InChI=1S/C12H17N3O3/c1-8(18-12(14)17)10(13)11(16)15-7-9-5-3-2-4-6-9/h2-6,8,10H,7,13H2,1H3,(H2,14,17)(H,15,16). The molecule has 0 aliphatic carbocycles. The second-order valence-corrected chi connectivity index (χ2v) is 3.87. The largest absolute Gasteiger partial charge is 0.444 e. The molecule has 0 heterocycles. The van der Waals surface area contributed by atoms with Crippen LogP contribution in [0.4, 0.5) is 4.79 Å². The van der Waals surface area contributed by atoms with Crippen molar-refractivity contribution in [3.63, 3.8) is 0 Å². The fraction of sp³-hybridized carbons (Fsp3) is 0.333. The lowest BCUT2D eigenvalue weighted by atomic mass is 10.1. The van der Waals surface area contributed by atoms with Crippen LogP contribution in [0.1, 0.15) is 12.5 Å². The number of nitrogens with one attached hydrogen (secondary N) is 1. The van der Waals surface area contributed by atoms with Crippen molar-refractivity contribution in [2.45, 2.75) is 25.6 Å². The molecule has 5 N–H and O–H groups in total. The number of hydrogen-bond acceptors (Lipinski definition) is 4. The van der Waals surface area contributed by atoms with Crippen LogP contribution >= 0.6 is 0 Å². The molecule has 0 aromatic heterocycles. The van der Waals surface area contributed by atoms with Gasteiger partial charge in [0.05, 0.1) is 0 Å². The number of benzene rings is 1. The van der Waals surface area contributed by atoms with E-state index in [0.29, 0.717) is 6.54 Å². The molecule has 1 rings (SSSR count). The predicted octanol–water partition coefficient (Wildman–Crippen LogP) is 0.114. The van der Waals surface area contributed by atoms with Gasteiger partial charge in [0.2, 0.25) is 5.91 Å². The Labute approximate surface area is 105 Å². The number of nitrogens with two attached hydrogens (primary N) is 2. The van der Waals surface area contributed by atoms with Gasteiger partial charge < -0.3 is 21.5 Å². The fourth-order valence-corrected chi connectivity index (χ4v) is 1.37. The monoisotopic (exact) mass is 251 g/mol. The molecule has 98 valence electrons. The van der Waals surface area contributed by atoms with Gasteiger partial charge in [-0.15, -0.1) is 0 Å². The summed E-state index contributed by atoms with van der Waals surface area (Å²) in [6.45, 7) is 1.88. The van der Waals surface area contributed by atoms with Gasteiger partial charge in [0.15, 0.2) is 0 Å². The van der Waals surface area contributed by atoms with Crippen LogP contribution in [0.2, 0.25) is 0 Å². The first kappa shape index (κ1) is 14.0. The number of hydrogen-bond donors (Lipinski definition) is 3. The average molecular weight is 251 g/mol. The Kier molecular flexibility index (Phi) is 5.13. The molecule has 0 radical (unpaired) electrons. The van der Waals surface area contributed by atoms with E-state index in [-0.39, 0.29) is 0 Å². The first-order valence-electron chi connectivity index (χ1n) is 5.54. The second-order valence-electron chi connectivity index (χ2n) is 3.87. The minimum absolute atomic E-state index is 0.372. The molecule has 2 amide bonds. The summed E-state index contributed by atoms with van der Waals surface area (Å²) >= 11 is 0. The molecular formula is C12H17N3O3. The summed E-state index contributed by atoms with van der Waals surface area (Å²) in [6, 6.07) is 8.46. The quantitative estimate of drug-likeness (QED) is 0.690. The highest BCUT2D eigenvalue weighted by Crippen LogP contribution is 2.00. The van der Waals surface area contributed by atoms with Gasteiger partial charge in [-0.25, -0.2) is 4.79 Å². The maximum Gasteiger partial charge on any atom is 0.404 e. The normalized spacial score (nSPS) is 13.4. The topological polar surface area (TPSA) is 107 Å². The lowest BCUT2D eigenvalue weighted by Gasteiger charge is -2.18. The number of rotatable bonds is 5. The van der Waals surface area contributed by atoms with Gasteiger partial charge in [-0.2, -0.15) is 0 Å². The van der Waals surface area contributed by atoms with Crippen LogP contribution < -0.4 is 16.8 Å². The molecule has 0 aliphatic rings. The molecule has 6 nitrogen and oxygen atoms in total. The van der Waals surface area contributed by atoms with Crippen molar-refractivity contribution in [1.29, 1.82) is 0 Å². The smallest absolute Gasteiger partial charge is 0.404 e. The Balaban J connectivity index is 2.43. The van der Waals surface area contributed by atoms with Crippen LogP contribution in [0, 0.1) is 0 Å². The van der Waals surface area contributed by atoms with E-state index in [9.17, 15) is 9.59 Å². The highest BCUT2D eigenvalue weighted by atomic mass is 16.6. The maximum absolute atomic E-state index is 11.7. The first-order chi connectivity index (χ1) is 8.50. The van der Waals surface area contributed by atoms with Crippen molar-refractivity contribution >= 4 is 12.0 Å². The molecule has 0 fully saturated rings. The molecule has 0 spiro atoms. The summed E-state index contributed by atoms with van der Waals surface area (Å²) in [5.74, 6) is -0.396. The van der Waals surface area contributed by atoms with Crippen LogP contribution in [0.25, 0.3) is 0 Å². The van der Waals surface area contributed by atoms with Crippen LogP contribution in [-0.4, -0.2) is 24.1 Å². The van der Waals surface area contributed by atoms with Crippen molar-refractivity contribution in [3.05, 3.63) is 35.9 Å². The van der Waals surface area contributed by atoms with Crippen molar-refractivity contribution in [2.75, 3.05) is 0 Å². The Morgan fingerprint density at radius 2 is 1.94 bits per heavy atom. The maximum atomic E-state index is 11.7. The predicted molar refractivity (Wildman–Crippen MR) is 66.4 cm³/mol. The average Bonchev–Trinajstić information content (AvgIpc) is 2.35. The minimum Gasteiger partial charge on any atom is -0.444 e. The molecule has 2 atom stereocenters. The summed E-state index contributed by atoms with van der Waals surface area (Å²) < 4.78 is 4.64. The lowest BCUT2D eigenvalue weighted by molar-refractivity contribution is -0.124. The van der Waals surface area contributed by atoms with E-state index in [1.807, 2.05) is 30.3 Å². The third-order valence-corrected chi connectivity index (χ3v) is 2.42. The highest BCUT2D eigenvalue weighted by Gasteiger charge is 2.23. The number of carbonyl (C=O) groups is 2. The van der Waals surface area contributed by atoms with E-state index in [2.05, 4.69) is 10.1 Å². The Morgan fingerprint density at radius 3 is 2.50 bits per heavy atom. The Morgan fingerprint density at radius 1 is 1.33 bits per heavy atom. The zero-order chi connectivity index (χ0) is 13.5. The van der Waals surface area contributed by atoms with Crippen LogP contribution in [-0.2, 0) is 16.1 Å². The zero-order valence-electron chi connectivity index (χ0n) is 10.1. The number of amides is 2. The van der Waals surface area contributed by atoms with Crippen LogP contribution in [0.5, 0.6) is 0 Å². The van der Waals surface area contributed by atoms with E-state index in [0.717, 1.165) is 5.56 Å². The number of ether oxygens (including phenoxy) is 1. The molecule has 0 saturated heterocycles. The molecule has 2 unspecified atom stereocenters. The third kappa shape index (κ3) is 4.42. The van der Waals surface area contributed by atoms with Crippen molar-refractivity contribution in [3.8, 4) is 0 Å². The van der Waals surface area contributed by atoms with E-state index in [1.54, 1.807) is 0 Å². The molecule has 18 heavy (non-hydrogen) atoms. The van der Waals surface area contributed by atoms with Gasteiger partial charge in [-0.3, -0.25) is 4.79 Å². The molecule has 1 aromatic rings. The lowest BCUT2D eigenvalue weighted by Crippen LogP contribution is -2.48. The van der Waals surface area contributed by atoms with E-state index >= 15 is 0 Å². The summed E-state index contributed by atoms with van der Waals surface area (Å²) in [6.07, 6.45) is -1.72. The van der Waals surface area contributed by atoms with Gasteiger partial charge in [0.25, 0.3) is 0 Å². The fourth-order valence-electron chi connectivity index (χ4n) is 1.37. The van der Waals surface area contributed by atoms with Gasteiger partial charge in [0.1, 0.15) is 12.1 Å². The summed E-state index contributed by atoms with van der Waals surface area (Å²) in [5, 5.41) is 2.66. The van der Waals surface area contributed by atoms with Crippen LogP contribution in [0.3, 0.4) is 0 Å². The highest BCUT2D eigenvalue weighted by molar-refractivity contribution is 5.82. The van der Waals surface area contributed by atoms with Crippen molar-refractivity contribution < 1.29 is 14.3 Å². The minimum atomic E-state index is -0.950. The van der Waals surface area contributed by atoms with E-state index < -0.39 is 24.1 Å². The summed E-state index contributed by atoms with van der Waals surface area (Å²) in [4.78, 5) is 22.2. The van der Waals surface area contributed by atoms with E-state index in [4.69, 9.17) is 11.5 Å². The number of primary amides is 1. The SMILES string of the molecule is CC(OC(N)=O)C(N)C(=O)NCc1ccccc1. The third-order valence-electron chi connectivity index (χ3n) is 2.42. The summed E-state index contributed by atoms with van der Waals surface area (Å²) in [5.41, 5.74) is 11.4. The molecule has 0 bridgehead atoms. The van der Waals surface area contributed by atoms with Crippen molar-refractivity contribution in [2.24, 2.45) is 11.5 Å². The molecule has 6 heteroatoms. The Bertz CT molecular complexity index is 408. The van der Waals surface area contributed by atoms with Gasteiger partial charge in [-0.05, 0) is 12.5 Å². The summed E-state index contributed by atoms with van der Waals surface area (Å²) in [7, 11) is 0. The molecular weight excluding hydrogens is 234 g/mol. The molecule has 1 aromatic carbocycles. The van der Waals surface area contributed by atoms with Gasteiger partial charge in [0, 0.05) is 6.54 Å².